The van der Waals surface area contributed by atoms with Crippen molar-refractivity contribution in [2.45, 2.75) is 6.10 Å². The number of rotatable bonds is 5. The lowest BCUT2D eigenvalue weighted by molar-refractivity contribution is 0.262. The summed E-state index contributed by atoms with van der Waals surface area (Å²) in [6.45, 7) is 1.34. The van der Waals surface area contributed by atoms with E-state index >= 15 is 0 Å². The van der Waals surface area contributed by atoms with Crippen LogP contribution in [0.25, 0.3) is 0 Å². The molecule has 0 N–H and O–H groups in total. The Morgan fingerprint density at radius 1 is 1.36 bits per heavy atom. The van der Waals surface area contributed by atoms with Crippen LogP contribution in [-0.2, 0) is 4.74 Å². The average molecular weight is 195 g/mol. The molecule has 1 unspecified atom stereocenters. The largest absolute Gasteiger partial charge is 0.491 e. The zero-order valence-electron chi connectivity index (χ0n) is 7.38. The zero-order valence-corrected chi connectivity index (χ0v) is 7.38. The van der Waals surface area contributed by atoms with Crippen LogP contribution in [0.15, 0.2) is 29.6 Å². The van der Waals surface area contributed by atoms with Gasteiger partial charge >= 0.3 is 0 Å². The van der Waals surface area contributed by atoms with E-state index in [1.54, 1.807) is 24.3 Å². The Morgan fingerprint density at radius 2 is 2.00 bits per heavy atom. The molecular weight excluding hydrogens is 186 g/mol. The minimum absolute atomic E-state index is 0.238. The summed E-state index contributed by atoms with van der Waals surface area (Å²) >= 11 is 0. The molecule has 5 heteroatoms. The molecule has 14 heavy (non-hydrogen) atoms. The van der Waals surface area contributed by atoms with Gasteiger partial charge in [0.2, 0.25) is 0 Å². The van der Waals surface area contributed by atoms with Crippen molar-refractivity contribution in [2.75, 3.05) is 13.2 Å². The number of hydrogen-bond donors (Lipinski definition) is 0. The van der Waals surface area contributed by atoms with E-state index in [0.717, 1.165) is 12.4 Å². The fourth-order valence-corrected chi connectivity index (χ4v) is 0.993. The van der Waals surface area contributed by atoms with Gasteiger partial charge in [-0.1, -0.05) is 0 Å². The Balaban J connectivity index is 1.87. The van der Waals surface area contributed by atoms with Gasteiger partial charge in [-0.05, 0) is 24.3 Å². The Kier molecular flexibility index (Phi) is 2.60. The first-order valence-corrected chi connectivity index (χ1v) is 4.22. The number of epoxide rings is 1. The van der Waals surface area contributed by atoms with Crippen molar-refractivity contribution >= 4 is 0 Å². The van der Waals surface area contributed by atoms with Gasteiger partial charge in [0.05, 0.1) is 6.61 Å². The Hall–Kier alpha value is -1.62. The molecule has 1 atom stereocenters. The van der Waals surface area contributed by atoms with Crippen LogP contribution in [0, 0.1) is 4.91 Å². The molecular formula is C9H9NO4. The highest BCUT2D eigenvalue weighted by Gasteiger charge is 2.22. The summed E-state index contributed by atoms with van der Waals surface area (Å²) in [5, 5.41) is 2.31. The van der Waals surface area contributed by atoms with Gasteiger partial charge in [0, 0.05) is 0 Å². The minimum Gasteiger partial charge on any atom is -0.491 e. The lowest BCUT2D eigenvalue weighted by atomic mass is 10.3. The highest BCUT2D eigenvalue weighted by Crippen LogP contribution is 2.19. The fourth-order valence-electron chi connectivity index (χ4n) is 0.993. The molecule has 1 fully saturated rings. The molecule has 1 aromatic carbocycles. The molecule has 1 heterocycles. The second-order valence-electron chi connectivity index (χ2n) is 2.90. The molecule has 0 spiro atoms. The van der Waals surface area contributed by atoms with E-state index in [4.69, 9.17) is 9.47 Å². The monoisotopic (exact) mass is 195 g/mol. The summed E-state index contributed by atoms with van der Waals surface area (Å²) in [6.07, 6.45) is 0.238. The van der Waals surface area contributed by atoms with Gasteiger partial charge in [-0.15, -0.1) is 4.91 Å². The lowest BCUT2D eigenvalue weighted by Gasteiger charge is -2.03. The maximum atomic E-state index is 9.76. The van der Waals surface area contributed by atoms with Crippen LogP contribution < -0.4 is 9.57 Å². The summed E-state index contributed by atoms with van der Waals surface area (Å²) in [5.41, 5.74) is 0. The maximum Gasteiger partial charge on any atom is 0.161 e. The van der Waals surface area contributed by atoms with E-state index in [2.05, 4.69) is 10.2 Å². The van der Waals surface area contributed by atoms with E-state index in [0.29, 0.717) is 12.4 Å². The molecule has 74 valence electrons. The zero-order chi connectivity index (χ0) is 9.80. The highest BCUT2D eigenvalue weighted by molar-refractivity contribution is 5.31. The summed E-state index contributed by atoms with van der Waals surface area (Å²) < 4.78 is 10.4. The van der Waals surface area contributed by atoms with Crippen LogP contribution >= 0.6 is 0 Å². The van der Waals surface area contributed by atoms with Crippen molar-refractivity contribution < 1.29 is 14.3 Å². The van der Waals surface area contributed by atoms with Crippen LogP contribution in [0.3, 0.4) is 0 Å². The van der Waals surface area contributed by atoms with Crippen LogP contribution in [0.1, 0.15) is 0 Å². The number of benzene rings is 1. The molecule has 1 aliphatic heterocycles. The highest BCUT2D eigenvalue weighted by atomic mass is 16.7. The topological polar surface area (TPSA) is 60.4 Å². The summed E-state index contributed by atoms with van der Waals surface area (Å²) in [4.78, 5) is 14.2. The molecule has 0 bridgehead atoms. The number of hydrogen-bond acceptors (Lipinski definition) is 5. The summed E-state index contributed by atoms with van der Waals surface area (Å²) in [5.74, 6) is 1.12. The van der Waals surface area contributed by atoms with Crippen molar-refractivity contribution in [1.82, 2.24) is 0 Å². The molecule has 0 radical (unpaired) electrons. The first-order valence-electron chi connectivity index (χ1n) is 4.22. The second kappa shape index (κ2) is 4.06. The van der Waals surface area contributed by atoms with E-state index < -0.39 is 0 Å². The van der Waals surface area contributed by atoms with Gasteiger partial charge in [-0.2, -0.15) is 0 Å². The van der Waals surface area contributed by atoms with E-state index in [1.165, 1.54) is 0 Å². The SMILES string of the molecule is O=NOc1ccc(OCC2CO2)cc1. The fraction of sp³-hybridized carbons (Fsp3) is 0.333. The third-order valence-electron chi connectivity index (χ3n) is 1.80. The van der Waals surface area contributed by atoms with Gasteiger partial charge < -0.3 is 14.3 Å². The van der Waals surface area contributed by atoms with Gasteiger partial charge in [-0.3, -0.25) is 0 Å². The molecule has 5 nitrogen and oxygen atoms in total. The van der Waals surface area contributed by atoms with Crippen molar-refractivity contribution in [2.24, 2.45) is 5.34 Å². The van der Waals surface area contributed by atoms with Gasteiger partial charge in [0.15, 0.2) is 11.1 Å². The normalized spacial score (nSPS) is 18.7. The average Bonchev–Trinajstić information content (AvgIpc) is 3.01. The summed E-state index contributed by atoms with van der Waals surface area (Å²) in [7, 11) is 0. The Labute approximate surface area is 80.5 Å². The Morgan fingerprint density at radius 3 is 2.57 bits per heavy atom. The van der Waals surface area contributed by atoms with Crippen molar-refractivity contribution in [3.05, 3.63) is 29.2 Å². The third-order valence-corrected chi connectivity index (χ3v) is 1.80. The summed E-state index contributed by atoms with van der Waals surface area (Å²) in [6, 6.07) is 6.65. The first kappa shape index (κ1) is 8.96. The van der Waals surface area contributed by atoms with Crippen molar-refractivity contribution in [3.8, 4) is 11.5 Å². The molecule has 1 aromatic rings. The van der Waals surface area contributed by atoms with Crippen molar-refractivity contribution in [3.63, 3.8) is 0 Å². The molecule has 0 aliphatic carbocycles. The molecule has 0 saturated carbocycles. The Bertz CT molecular complexity index is 307. The van der Waals surface area contributed by atoms with Crippen LogP contribution in [0.5, 0.6) is 11.5 Å². The third kappa shape index (κ3) is 2.43. The number of nitrogens with zero attached hydrogens (tertiary/aromatic N) is 1. The maximum absolute atomic E-state index is 9.76. The molecule has 1 aliphatic rings. The molecule has 2 rings (SSSR count). The molecule has 0 amide bonds. The first-order chi connectivity index (χ1) is 6.88. The molecule has 0 aromatic heterocycles. The van der Waals surface area contributed by atoms with Gasteiger partial charge in [0.1, 0.15) is 18.5 Å². The van der Waals surface area contributed by atoms with E-state index in [9.17, 15) is 4.91 Å². The van der Waals surface area contributed by atoms with Gasteiger partial charge in [-0.25, -0.2) is 0 Å². The smallest absolute Gasteiger partial charge is 0.161 e. The quantitative estimate of drug-likeness (QED) is 0.406. The van der Waals surface area contributed by atoms with E-state index in [-0.39, 0.29) is 6.10 Å². The van der Waals surface area contributed by atoms with Crippen molar-refractivity contribution in [1.29, 1.82) is 0 Å². The standard InChI is InChI=1S/C9H9NO4/c11-10-14-8-3-1-7(2-4-8)12-5-9-6-13-9/h1-4,9H,5-6H2. The minimum atomic E-state index is 0.238. The van der Waals surface area contributed by atoms with Gasteiger partial charge in [0.25, 0.3) is 0 Å². The second-order valence-corrected chi connectivity index (χ2v) is 2.90. The number of ether oxygens (including phenoxy) is 2. The lowest BCUT2D eigenvalue weighted by Crippen LogP contribution is -2.03. The van der Waals surface area contributed by atoms with Crippen LogP contribution in [-0.4, -0.2) is 19.3 Å². The molecule has 1 saturated heterocycles. The predicted molar refractivity (Wildman–Crippen MR) is 48.1 cm³/mol. The van der Waals surface area contributed by atoms with Crippen LogP contribution in [0.4, 0.5) is 0 Å². The van der Waals surface area contributed by atoms with E-state index in [1.807, 2.05) is 0 Å². The van der Waals surface area contributed by atoms with Crippen LogP contribution in [0.2, 0.25) is 0 Å². The predicted octanol–water partition coefficient (Wildman–Crippen LogP) is 1.52.